The molecular formula is C23H32N2O3. The lowest BCUT2D eigenvalue weighted by molar-refractivity contribution is -0.109. The number of hydrogen-bond donors (Lipinski definition) is 0. The van der Waals surface area contributed by atoms with Gasteiger partial charge in [0.25, 0.3) is 0 Å². The average Bonchev–Trinajstić information content (AvgIpc) is 3.11. The van der Waals surface area contributed by atoms with E-state index in [0.29, 0.717) is 32.1 Å². The lowest BCUT2D eigenvalue weighted by Gasteiger charge is -2.29. The van der Waals surface area contributed by atoms with Crippen molar-refractivity contribution >= 4 is 6.29 Å². The molecule has 5 heteroatoms. The fraction of sp³-hybridized carbons (Fsp3) is 0.478. The first-order chi connectivity index (χ1) is 13.3. The van der Waals surface area contributed by atoms with Crippen LogP contribution in [0.5, 0.6) is 0 Å². The monoisotopic (exact) mass is 384 g/mol. The molecule has 0 N–H and O–H groups in total. The Hall–Kier alpha value is -2.40. The van der Waals surface area contributed by atoms with E-state index in [1.807, 2.05) is 11.8 Å². The first-order valence-electron chi connectivity index (χ1n) is 9.72. The summed E-state index contributed by atoms with van der Waals surface area (Å²) < 4.78 is 11.0. The van der Waals surface area contributed by atoms with Gasteiger partial charge in [0.05, 0.1) is 31.7 Å². The number of nitrogens with zero attached hydrogens (tertiary/aromatic N) is 2. The number of hydrogen-bond acceptors (Lipinski definition) is 5. The van der Waals surface area contributed by atoms with Gasteiger partial charge in [-0.2, -0.15) is 0 Å². The molecule has 0 fully saturated rings. The second-order valence-electron chi connectivity index (χ2n) is 7.89. The maximum Gasteiger partial charge on any atom is 0.208 e. The van der Waals surface area contributed by atoms with Crippen molar-refractivity contribution in [2.75, 3.05) is 13.2 Å². The molecule has 1 heterocycles. The maximum atomic E-state index is 11.1. The van der Waals surface area contributed by atoms with Crippen LogP contribution in [0.1, 0.15) is 48.9 Å². The highest BCUT2D eigenvalue weighted by Crippen LogP contribution is 2.33. The van der Waals surface area contributed by atoms with E-state index in [9.17, 15) is 4.79 Å². The molecule has 0 unspecified atom stereocenters. The summed E-state index contributed by atoms with van der Waals surface area (Å²) in [5.41, 5.74) is 4.85. The highest BCUT2D eigenvalue weighted by Gasteiger charge is 2.25. The van der Waals surface area contributed by atoms with Crippen LogP contribution in [0.2, 0.25) is 0 Å². The molecule has 0 atom stereocenters. The summed E-state index contributed by atoms with van der Waals surface area (Å²) in [7, 11) is 0. The van der Waals surface area contributed by atoms with Gasteiger partial charge in [0.15, 0.2) is 0 Å². The number of aromatic nitrogens is 1. The Kier molecular flexibility index (Phi) is 7.58. The maximum absolute atomic E-state index is 11.1. The highest BCUT2D eigenvalue weighted by molar-refractivity contribution is 5.52. The Morgan fingerprint density at radius 3 is 2.50 bits per heavy atom. The second-order valence-corrected chi connectivity index (χ2v) is 7.89. The van der Waals surface area contributed by atoms with Crippen LogP contribution in [0.3, 0.4) is 0 Å². The topological polar surface area (TPSA) is 55.6 Å². The van der Waals surface area contributed by atoms with E-state index in [4.69, 9.17) is 9.15 Å². The number of allylic oxidation sites excluding steroid dienone is 1. The molecule has 0 saturated carbocycles. The van der Waals surface area contributed by atoms with Crippen LogP contribution in [-0.2, 0) is 29.0 Å². The fourth-order valence-electron chi connectivity index (χ4n) is 3.43. The van der Waals surface area contributed by atoms with Crippen LogP contribution in [0.4, 0.5) is 0 Å². The van der Waals surface area contributed by atoms with Crippen molar-refractivity contribution in [1.82, 2.24) is 9.88 Å². The van der Waals surface area contributed by atoms with Gasteiger partial charge in [-0.05, 0) is 49.4 Å². The summed E-state index contributed by atoms with van der Waals surface area (Å²) in [5, 5.41) is 0. The van der Waals surface area contributed by atoms with Crippen LogP contribution >= 0.6 is 0 Å². The van der Waals surface area contributed by atoms with E-state index < -0.39 is 0 Å². The number of aldehydes is 1. The van der Waals surface area contributed by atoms with E-state index in [-0.39, 0.29) is 5.41 Å². The third-order valence-electron chi connectivity index (χ3n) is 5.03. The van der Waals surface area contributed by atoms with Crippen molar-refractivity contribution in [1.29, 1.82) is 0 Å². The van der Waals surface area contributed by atoms with E-state index in [2.05, 4.69) is 51.4 Å². The van der Waals surface area contributed by atoms with Gasteiger partial charge in [-0.25, -0.2) is 4.98 Å². The molecule has 1 aromatic heterocycles. The summed E-state index contributed by atoms with van der Waals surface area (Å²) in [5.74, 6) is 1.43. The average molecular weight is 385 g/mol. The number of benzene rings is 1. The van der Waals surface area contributed by atoms with Crippen LogP contribution in [0.15, 0.2) is 41.3 Å². The molecule has 152 valence electrons. The SMILES string of the molecule is C=C(OCC)C(C)(C)Cc1c(C)cc(CN(CC=O)Cc2ncco2)cc1C. The Bertz CT molecular complexity index is 771. The largest absolute Gasteiger partial charge is 0.498 e. The third kappa shape index (κ3) is 5.80. The molecule has 0 bridgehead atoms. The van der Waals surface area contributed by atoms with Gasteiger partial charge in [-0.15, -0.1) is 0 Å². The van der Waals surface area contributed by atoms with Crippen LogP contribution in [0, 0.1) is 19.3 Å². The summed E-state index contributed by atoms with van der Waals surface area (Å²) in [6, 6.07) is 4.41. The second kappa shape index (κ2) is 9.69. The summed E-state index contributed by atoms with van der Waals surface area (Å²) >= 11 is 0. The molecule has 0 amide bonds. The molecule has 0 aliphatic carbocycles. The van der Waals surface area contributed by atoms with Gasteiger partial charge in [0.2, 0.25) is 5.89 Å². The van der Waals surface area contributed by atoms with Crippen molar-refractivity contribution in [3.05, 3.63) is 65.1 Å². The molecular weight excluding hydrogens is 352 g/mol. The number of oxazole rings is 1. The zero-order chi connectivity index (χ0) is 20.7. The zero-order valence-corrected chi connectivity index (χ0v) is 17.7. The summed E-state index contributed by atoms with van der Waals surface area (Å²) in [6.07, 6.45) is 4.96. The van der Waals surface area contributed by atoms with Gasteiger partial charge < -0.3 is 13.9 Å². The quantitative estimate of drug-likeness (QED) is 0.418. The molecule has 2 rings (SSSR count). The van der Waals surface area contributed by atoms with Crippen LogP contribution in [0.25, 0.3) is 0 Å². The number of carbonyl (C=O) groups excluding carboxylic acids is 1. The summed E-state index contributed by atoms with van der Waals surface area (Å²) in [4.78, 5) is 17.3. The molecule has 28 heavy (non-hydrogen) atoms. The predicted octanol–water partition coefficient (Wildman–Crippen LogP) is 4.61. The lowest BCUT2D eigenvalue weighted by atomic mass is 9.81. The molecule has 0 spiro atoms. The van der Waals surface area contributed by atoms with Gasteiger partial charge in [-0.3, -0.25) is 4.90 Å². The Morgan fingerprint density at radius 1 is 1.29 bits per heavy atom. The molecule has 2 aromatic rings. The number of carbonyl (C=O) groups is 1. The summed E-state index contributed by atoms with van der Waals surface area (Å²) in [6.45, 7) is 16.9. The minimum atomic E-state index is -0.137. The van der Waals surface area contributed by atoms with Crippen molar-refractivity contribution < 1.29 is 13.9 Å². The van der Waals surface area contributed by atoms with E-state index in [1.54, 1.807) is 12.5 Å². The highest BCUT2D eigenvalue weighted by atomic mass is 16.5. The Labute approximate surface area is 168 Å². The molecule has 0 saturated heterocycles. The lowest BCUT2D eigenvalue weighted by Crippen LogP contribution is -2.25. The van der Waals surface area contributed by atoms with Gasteiger partial charge >= 0.3 is 0 Å². The van der Waals surface area contributed by atoms with Gasteiger partial charge in [0, 0.05) is 12.0 Å². The van der Waals surface area contributed by atoms with E-state index >= 15 is 0 Å². The first-order valence-corrected chi connectivity index (χ1v) is 9.72. The Balaban J connectivity index is 2.17. The minimum Gasteiger partial charge on any atom is -0.498 e. The van der Waals surface area contributed by atoms with Crippen LogP contribution in [-0.4, -0.2) is 29.3 Å². The number of aryl methyl sites for hydroxylation is 2. The standard InChI is InChI=1S/C23H32N2O3/c1-7-27-19(4)23(5,6)14-21-17(2)12-20(13-18(21)3)15-25(9-10-26)16-22-24-8-11-28-22/h8,10-13H,4,7,9,14-16H2,1-3,5-6H3. The first kappa shape index (κ1) is 21.9. The third-order valence-corrected chi connectivity index (χ3v) is 5.03. The van der Waals surface area contributed by atoms with Crippen molar-refractivity contribution in [2.24, 2.45) is 5.41 Å². The minimum absolute atomic E-state index is 0.137. The van der Waals surface area contributed by atoms with Crippen molar-refractivity contribution in [3.63, 3.8) is 0 Å². The normalized spacial score (nSPS) is 11.6. The van der Waals surface area contributed by atoms with Gasteiger partial charge in [-0.1, -0.05) is 32.6 Å². The van der Waals surface area contributed by atoms with Crippen LogP contribution < -0.4 is 0 Å². The Morgan fingerprint density at radius 2 is 1.96 bits per heavy atom. The molecule has 1 aromatic carbocycles. The smallest absolute Gasteiger partial charge is 0.208 e. The molecule has 0 aliphatic rings. The molecule has 5 nitrogen and oxygen atoms in total. The van der Waals surface area contributed by atoms with Crippen molar-refractivity contribution in [3.8, 4) is 0 Å². The van der Waals surface area contributed by atoms with E-state index in [1.165, 1.54) is 22.3 Å². The molecule has 0 aliphatic heterocycles. The van der Waals surface area contributed by atoms with E-state index in [0.717, 1.165) is 18.5 Å². The zero-order valence-electron chi connectivity index (χ0n) is 17.7. The number of ether oxygens (including phenoxy) is 1. The van der Waals surface area contributed by atoms with Gasteiger partial charge in [0.1, 0.15) is 12.5 Å². The van der Waals surface area contributed by atoms with Crippen molar-refractivity contribution in [2.45, 2.75) is 54.1 Å². The predicted molar refractivity (Wildman–Crippen MR) is 111 cm³/mol. The fourth-order valence-corrected chi connectivity index (χ4v) is 3.43. The molecule has 0 radical (unpaired) electrons. The number of rotatable bonds is 11.